The Bertz CT molecular complexity index is 920. The molecule has 1 aliphatic rings. The predicted octanol–water partition coefficient (Wildman–Crippen LogP) is 1.71. The van der Waals surface area contributed by atoms with Crippen LogP contribution < -0.4 is 9.80 Å². The zero-order valence-electron chi connectivity index (χ0n) is 13.3. The summed E-state index contributed by atoms with van der Waals surface area (Å²) in [4.78, 5) is 28.0. The average molecular weight is 344 g/mol. The van der Waals surface area contributed by atoms with Gasteiger partial charge in [0.1, 0.15) is 6.54 Å². The van der Waals surface area contributed by atoms with Gasteiger partial charge in [0.05, 0.1) is 16.3 Å². The number of para-hydroxylation sites is 2. The Morgan fingerprint density at radius 2 is 1.58 bits per heavy atom. The van der Waals surface area contributed by atoms with E-state index in [-0.39, 0.29) is 23.3 Å². The minimum Gasteiger partial charge on any atom is -0.312 e. The molecule has 0 atom stereocenters. The van der Waals surface area contributed by atoms with Crippen molar-refractivity contribution in [1.29, 1.82) is 0 Å². The first-order chi connectivity index (χ1) is 11.3. The van der Waals surface area contributed by atoms with Gasteiger partial charge in [-0.05, 0) is 36.4 Å². The first-order valence-corrected chi connectivity index (χ1v) is 9.16. The van der Waals surface area contributed by atoms with E-state index in [2.05, 4.69) is 0 Å². The summed E-state index contributed by atoms with van der Waals surface area (Å²) in [6.07, 6.45) is 1.11. The van der Waals surface area contributed by atoms with Gasteiger partial charge in [-0.2, -0.15) is 0 Å². The van der Waals surface area contributed by atoms with Crippen LogP contribution in [0.5, 0.6) is 0 Å². The fourth-order valence-corrected chi connectivity index (χ4v) is 3.25. The topological polar surface area (TPSA) is 74.8 Å². The van der Waals surface area contributed by atoms with Crippen LogP contribution in [0, 0.1) is 0 Å². The van der Waals surface area contributed by atoms with E-state index < -0.39 is 9.84 Å². The van der Waals surface area contributed by atoms with E-state index in [1.165, 1.54) is 34.1 Å². The molecule has 2 amide bonds. The van der Waals surface area contributed by atoms with Crippen molar-refractivity contribution in [1.82, 2.24) is 0 Å². The number of amides is 2. The third kappa shape index (κ3) is 2.78. The molecule has 1 aliphatic heterocycles. The van der Waals surface area contributed by atoms with Gasteiger partial charge in [0.15, 0.2) is 9.84 Å². The highest BCUT2D eigenvalue weighted by Crippen LogP contribution is 2.33. The van der Waals surface area contributed by atoms with Gasteiger partial charge >= 0.3 is 0 Å². The first-order valence-electron chi connectivity index (χ1n) is 7.26. The summed E-state index contributed by atoms with van der Waals surface area (Å²) in [6.45, 7) is -0.0554. The molecule has 0 spiro atoms. The van der Waals surface area contributed by atoms with E-state index in [1.807, 2.05) is 0 Å². The largest absolute Gasteiger partial charge is 0.312 e. The number of fused-ring (bicyclic) bond motifs is 1. The van der Waals surface area contributed by atoms with E-state index in [1.54, 1.807) is 31.3 Å². The normalized spacial score (nSPS) is 14.5. The summed E-state index contributed by atoms with van der Waals surface area (Å²) >= 11 is 0. The highest BCUT2D eigenvalue weighted by Gasteiger charge is 2.30. The van der Waals surface area contributed by atoms with E-state index in [4.69, 9.17) is 0 Å². The standard InChI is InChI=1S/C17H16N2O4S/c1-18-14-5-3-4-6-15(14)19(11-16(18)20)17(21)12-7-9-13(10-8-12)24(2,22)23/h3-10H,11H2,1-2H3. The summed E-state index contributed by atoms with van der Waals surface area (Å²) < 4.78 is 23.0. The molecule has 0 N–H and O–H groups in total. The van der Waals surface area contributed by atoms with Crippen molar-refractivity contribution in [2.24, 2.45) is 0 Å². The molecule has 3 rings (SSSR count). The Hall–Kier alpha value is -2.67. The van der Waals surface area contributed by atoms with Gasteiger partial charge in [-0.1, -0.05) is 12.1 Å². The molecule has 0 saturated heterocycles. The van der Waals surface area contributed by atoms with Crippen molar-refractivity contribution in [3.05, 3.63) is 54.1 Å². The Morgan fingerprint density at radius 1 is 1.00 bits per heavy atom. The number of rotatable bonds is 2. The second-order valence-electron chi connectivity index (χ2n) is 5.63. The highest BCUT2D eigenvalue weighted by molar-refractivity contribution is 7.90. The molecular weight excluding hydrogens is 328 g/mol. The molecule has 24 heavy (non-hydrogen) atoms. The molecule has 7 heteroatoms. The molecule has 0 aliphatic carbocycles. The van der Waals surface area contributed by atoms with Gasteiger partial charge in [0.2, 0.25) is 5.91 Å². The van der Waals surface area contributed by atoms with Crippen molar-refractivity contribution in [3.63, 3.8) is 0 Å². The number of anilines is 2. The third-order valence-electron chi connectivity index (χ3n) is 3.98. The summed E-state index contributed by atoms with van der Waals surface area (Å²) in [5.41, 5.74) is 1.64. The summed E-state index contributed by atoms with van der Waals surface area (Å²) in [6, 6.07) is 12.9. The number of carbonyl (C=O) groups excluding carboxylic acids is 2. The first kappa shape index (κ1) is 16.2. The minimum atomic E-state index is -3.32. The number of hydrogen-bond donors (Lipinski definition) is 0. The van der Waals surface area contributed by atoms with Gasteiger partial charge < -0.3 is 4.90 Å². The highest BCUT2D eigenvalue weighted by atomic mass is 32.2. The van der Waals surface area contributed by atoms with Crippen LogP contribution in [-0.4, -0.2) is 40.1 Å². The van der Waals surface area contributed by atoms with Crippen LogP contribution in [0.25, 0.3) is 0 Å². The van der Waals surface area contributed by atoms with Crippen molar-refractivity contribution in [2.45, 2.75) is 4.90 Å². The van der Waals surface area contributed by atoms with Crippen molar-refractivity contribution >= 4 is 33.0 Å². The number of benzene rings is 2. The second kappa shape index (κ2) is 5.76. The van der Waals surface area contributed by atoms with Crippen LogP contribution in [0.2, 0.25) is 0 Å². The van der Waals surface area contributed by atoms with Crippen LogP contribution in [0.1, 0.15) is 10.4 Å². The Balaban J connectivity index is 1.99. The summed E-state index contributed by atoms with van der Waals surface area (Å²) in [5.74, 6) is -0.529. The molecule has 124 valence electrons. The molecule has 2 aromatic rings. The lowest BCUT2D eigenvalue weighted by molar-refractivity contribution is -0.117. The molecule has 2 aromatic carbocycles. The zero-order chi connectivity index (χ0) is 17.5. The van der Waals surface area contributed by atoms with E-state index in [9.17, 15) is 18.0 Å². The maximum atomic E-state index is 12.8. The van der Waals surface area contributed by atoms with Crippen molar-refractivity contribution in [2.75, 3.05) is 29.6 Å². The quantitative estimate of drug-likeness (QED) is 0.831. The molecule has 0 bridgehead atoms. The molecule has 0 aromatic heterocycles. The number of sulfone groups is 1. The molecule has 0 saturated carbocycles. The van der Waals surface area contributed by atoms with Gasteiger partial charge in [-0.25, -0.2) is 8.42 Å². The lowest BCUT2D eigenvalue weighted by atomic mass is 10.1. The smallest absolute Gasteiger partial charge is 0.258 e. The Kier molecular flexibility index (Phi) is 3.88. The monoisotopic (exact) mass is 344 g/mol. The minimum absolute atomic E-state index is 0.0554. The Morgan fingerprint density at radius 3 is 2.17 bits per heavy atom. The Labute approximate surface area is 140 Å². The number of likely N-dealkylation sites (N-methyl/N-ethyl adjacent to an activating group) is 1. The SMILES string of the molecule is CN1C(=O)CN(C(=O)c2ccc(S(C)(=O)=O)cc2)c2ccccc21. The summed E-state index contributed by atoms with van der Waals surface area (Å²) in [7, 11) is -1.65. The lowest BCUT2D eigenvalue weighted by Crippen LogP contribution is -2.46. The number of carbonyl (C=O) groups is 2. The van der Waals surface area contributed by atoms with Gasteiger partial charge in [-0.3, -0.25) is 14.5 Å². The number of nitrogens with zero attached hydrogens (tertiary/aromatic N) is 2. The van der Waals surface area contributed by atoms with Crippen LogP contribution in [0.15, 0.2) is 53.4 Å². The van der Waals surface area contributed by atoms with E-state index in [0.29, 0.717) is 16.9 Å². The molecule has 1 heterocycles. The van der Waals surface area contributed by atoms with Crippen LogP contribution in [0.3, 0.4) is 0 Å². The van der Waals surface area contributed by atoms with Crippen molar-refractivity contribution < 1.29 is 18.0 Å². The third-order valence-corrected chi connectivity index (χ3v) is 5.10. The summed E-state index contributed by atoms with van der Waals surface area (Å²) in [5, 5.41) is 0. The maximum absolute atomic E-state index is 12.8. The van der Waals surface area contributed by atoms with Gasteiger partial charge in [0, 0.05) is 18.9 Å². The molecular formula is C17H16N2O4S. The fraction of sp³-hybridized carbons (Fsp3) is 0.176. The van der Waals surface area contributed by atoms with Crippen LogP contribution in [0.4, 0.5) is 11.4 Å². The van der Waals surface area contributed by atoms with Crippen LogP contribution in [-0.2, 0) is 14.6 Å². The lowest BCUT2D eigenvalue weighted by Gasteiger charge is -2.34. The fourth-order valence-electron chi connectivity index (χ4n) is 2.62. The van der Waals surface area contributed by atoms with Crippen molar-refractivity contribution in [3.8, 4) is 0 Å². The van der Waals surface area contributed by atoms with E-state index in [0.717, 1.165) is 6.26 Å². The van der Waals surface area contributed by atoms with Gasteiger partial charge in [-0.15, -0.1) is 0 Å². The number of hydrogen-bond acceptors (Lipinski definition) is 4. The average Bonchev–Trinajstić information content (AvgIpc) is 2.57. The molecule has 0 fully saturated rings. The second-order valence-corrected chi connectivity index (χ2v) is 7.65. The van der Waals surface area contributed by atoms with Gasteiger partial charge in [0.25, 0.3) is 5.91 Å². The molecule has 0 radical (unpaired) electrons. The van der Waals surface area contributed by atoms with Crippen LogP contribution >= 0.6 is 0 Å². The maximum Gasteiger partial charge on any atom is 0.258 e. The predicted molar refractivity (Wildman–Crippen MR) is 91.1 cm³/mol. The molecule has 6 nitrogen and oxygen atoms in total. The van der Waals surface area contributed by atoms with E-state index >= 15 is 0 Å². The zero-order valence-corrected chi connectivity index (χ0v) is 14.1. The molecule has 0 unspecified atom stereocenters.